The van der Waals surface area contributed by atoms with E-state index in [4.69, 9.17) is 4.52 Å². The van der Waals surface area contributed by atoms with Crippen molar-refractivity contribution in [1.29, 1.82) is 0 Å². The number of nitrogens with zero attached hydrogens (tertiary/aromatic N) is 2. The molecule has 0 bridgehead atoms. The Kier molecular flexibility index (Phi) is 2.63. The van der Waals surface area contributed by atoms with Gasteiger partial charge in [-0.3, -0.25) is 0 Å². The number of benzene rings is 1. The number of rotatable bonds is 2. The lowest BCUT2D eigenvalue weighted by atomic mass is 10.1. The third-order valence-corrected chi connectivity index (χ3v) is 2.37. The second kappa shape index (κ2) is 3.92. The predicted octanol–water partition coefficient (Wildman–Crippen LogP) is 2.73. The van der Waals surface area contributed by atoms with Crippen LogP contribution >= 0.6 is 15.9 Å². The molecule has 4 heteroatoms. The van der Waals surface area contributed by atoms with E-state index in [0.717, 1.165) is 10.0 Å². The van der Waals surface area contributed by atoms with Crippen molar-refractivity contribution < 1.29 is 4.52 Å². The number of aromatic nitrogens is 2. The monoisotopic (exact) mass is 252 g/mol. The van der Waals surface area contributed by atoms with E-state index in [1.165, 1.54) is 0 Å². The Hall–Kier alpha value is -1.16. The Labute approximate surface area is 90.3 Å². The van der Waals surface area contributed by atoms with E-state index in [0.29, 0.717) is 18.1 Å². The van der Waals surface area contributed by atoms with Crippen LogP contribution in [0.3, 0.4) is 0 Å². The van der Waals surface area contributed by atoms with Gasteiger partial charge in [-0.15, -0.1) is 0 Å². The highest BCUT2D eigenvalue weighted by molar-refractivity contribution is 9.10. The van der Waals surface area contributed by atoms with E-state index in [1.807, 2.05) is 31.2 Å². The van der Waals surface area contributed by atoms with E-state index in [2.05, 4.69) is 26.1 Å². The highest BCUT2D eigenvalue weighted by Crippen LogP contribution is 2.13. The van der Waals surface area contributed by atoms with Gasteiger partial charge in [-0.25, -0.2) is 0 Å². The van der Waals surface area contributed by atoms with Gasteiger partial charge in [0.05, 0.1) is 6.42 Å². The molecule has 0 amide bonds. The van der Waals surface area contributed by atoms with Crippen LogP contribution in [0, 0.1) is 6.92 Å². The third kappa shape index (κ3) is 2.20. The molecule has 1 aromatic heterocycles. The smallest absolute Gasteiger partial charge is 0.231 e. The minimum atomic E-state index is 0.657. The van der Waals surface area contributed by atoms with Gasteiger partial charge in [0.1, 0.15) is 0 Å². The van der Waals surface area contributed by atoms with Crippen LogP contribution in [0.5, 0.6) is 0 Å². The molecule has 1 heterocycles. The summed E-state index contributed by atoms with van der Waals surface area (Å²) in [6.07, 6.45) is 0.689. The lowest BCUT2D eigenvalue weighted by Gasteiger charge is -1.95. The molecule has 14 heavy (non-hydrogen) atoms. The lowest BCUT2D eigenvalue weighted by Crippen LogP contribution is -1.87. The maximum Gasteiger partial charge on any atom is 0.231 e. The van der Waals surface area contributed by atoms with Gasteiger partial charge in [0.2, 0.25) is 5.89 Å². The topological polar surface area (TPSA) is 38.9 Å². The van der Waals surface area contributed by atoms with Gasteiger partial charge in [0.15, 0.2) is 5.82 Å². The van der Waals surface area contributed by atoms with Crippen LogP contribution in [0.2, 0.25) is 0 Å². The van der Waals surface area contributed by atoms with Gasteiger partial charge in [0, 0.05) is 4.47 Å². The molecule has 72 valence electrons. The van der Waals surface area contributed by atoms with Crippen LogP contribution in [-0.2, 0) is 6.42 Å². The van der Waals surface area contributed by atoms with Gasteiger partial charge in [-0.05, 0) is 24.6 Å². The SMILES string of the molecule is Cc1noc(Cc2ccc(Br)cc2)n1. The Morgan fingerprint density at radius 1 is 1.29 bits per heavy atom. The molecule has 2 rings (SSSR count). The fraction of sp³-hybridized carbons (Fsp3) is 0.200. The summed E-state index contributed by atoms with van der Waals surface area (Å²) in [4.78, 5) is 4.14. The predicted molar refractivity (Wildman–Crippen MR) is 56.0 cm³/mol. The summed E-state index contributed by atoms with van der Waals surface area (Å²) >= 11 is 3.38. The molecule has 0 atom stereocenters. The summed E-state index contributed by atoms with van der Waals surface area (Å²) in [6.45, 7) is 1.81. The first kappa shape index (κ1) is 9.40. The molecular formula is C10H9BrN2O. The molecule has 0 aliphatic heterocycles. The van der Waals surface area contributed by atoms with Crippen molar-refractivity contribution in [3.8, 4) is 0 Å². The summed E-state index contributed by atoms with van der Waals surface area (Å²) in [7, 11) is 0. The molecule has 0 aliphatic rings. The second-order valence-corrected chi connectivity index (χ2v) is 3.95. The van der Waals surface area contributed by atoms with Gasteiger partial charge in [-0.2, -0.15) is 4.98 Å². The van der Waals surface area contributed by atoms with Crippen LogP contribution < -0.4 is 0 Å². The first-order valence-electron chi connectivity index (χ1n) is 4.27. The van der Waals surface area contributed by atoms with Crippen molar-refractivity contribution in [2.24, 2.45) is 0 Å². The Morgan fingerprint density at radius 2 is 2.00 bits per heavy atom. The lowest BCUT2D eigenvalue weighted by molar-refractivity contribution is 0.381. The molecule has 0 unspecified atom stereocenters. The summed E-state index contributed by atoms with van der Waals surface area (Å²) in [6, 6.07) is 8.06. The second-order valence-electron chi connectivity index (χ2n) is 3.04. The highest BCUT2D eigenvalue weighted by Gasteiger charge is 2.03. The van der Waals surface area contributed by atoms with Gasteiger partial charge < -0.3 is 4.52 Å². The number of hydrogen-bond donors (Lipinski definition) is 0. The summed E-state index contributed by atoms with van der Waals surface area (Å²) in [5.41, 5.74) is 1.16. The molecule has 0 saturated carbocycles. The largest absolute Gasteiger partial charge is 0.339 e. The molecule has 3 nitrogen and oxygen atoms in total. The normalized spacial score (nSPS) is 10.4. The van der Waals surface area contributed by atoms with E-state index in [-0.39, 0.29) is 0 Å². The molecule has 0 saturated heterocycles. The number of halogens is 1. The van der Waals surface area contributed by atoms with E-state index >= 15 is 0 Å². The first-order valence-corrected chi connectivity index (χ1v) is 5.07. The van der Waals surface area contributed by atoms with E-state index in [1.54, 1.807) is 0 Å². The van der Waals surface area contributed by atoms with Crippen LogP contribution in [0.25, 0.3) is 0 Å². The van der Waals surface area contributed by atoms with Crippen LogP contribution in [0.15, 0.2) is 33.3 Å². The van der Waals surface area contributed by atoms with Crippen LogP contribution in [0.4, 0.5) is 0 Å². The first-order chi connectivity index (χ1) is 6.74. The average molecular weight is 253 g/mol. The fourth-order valence-corrected chi connectivity index (χ4v) is 1.45. The standard InChI is InChI=1S/C10H9BrN2O/c1-7-12-10(14-13-7)6-8-2-4-9(11)5-3-8/h2-5H,6H2,1H3. The molecule has 0 radical (unpaired) electrons. The minimum absolute atomic E-state index is 0.657. The van der Waals surface area contributed by atoms with Crippen molar-refractivity contribution in [3.63, 3.8) is 0 Å². The van der Waals surface area contributed by atoms with Crippen molar-refractivity contribution >= 4 is 15.9 Å². The molecule has 1 aromatic carbocycles. The van der Waals surface area contributed by atoms with Crippen molar-refractivity contribution in [2.45, 2.75) is 13.3 Å². The zero-order valence-corrected chi connectivity index (χ0v) is 9.28. The van der Waals surface area contributed by atoms with Crippen molar-refractivity contribution in [2.75, 3.05) is 0 Å². The van der Waals surface area contributed by atoms with E-state index in [9.17, 15) is 0 Å². The van der Waals surface area contributed by atoms with Gasteiger partial charge in [0.25, 0.3) is 0 Å². The van der Waals surface area contributed by atoms with Crippen molar-refractivity contribution in [3.05, 3.63) is 46.0 Å². The Morgan fingerprint density at radius 3 is 2.57 bits per heavy atom. The summed E-state index contributed by atoms with van der Waals surface area (Å²) in [5, 5.41) is 3.73. The molecule has 0 aliphatic carbocycles. The third-order valence-electron chi connectivity index (χ3n) is 1.84. The molecular weight excluding hydrogens is 244 g/mol. The molecule has 0 N–H and O–H groups in total. The number of hydrogen-bond acceptors (Lipinski definition) is 3. The zero-order chi connectivity index (χ0) is 9.97. The maximum absolute atomic E-state index is 5.03. The molecule has 0 spiro atoms. The fourth-order valence-electron chi connectivity index (χ4n) is 1.19. The highest BCUT2D eigenvalue weighted by atomic mass is 79.9. The van der Waals surface area contributed by atoms with Crippen LogP contribution in [0.1, 0.15) is 17.3 Å². The number of aryl methyl sites for hydroxylation is 1. The Balaban J connectivity index is 2.15. The zero-order valence-electron chi connectivity index (χ0n) is 7.70. The average Bonchev–Trinajstić information content (AvgIpc) is 2.56. The van der Waals surface area contributed by atoms with Crippen molar-refractivity contribution in [1.82, 2.24) is 10.1 Å². The summed E-state index contributed by atoms with van der Waals surface area (Å²) < 4.78 is 6.10. The van der Waals surface area contributed by atoms with Gasteiger partial charge in [-0.1, -0.05) is 33.2 Å². The van der Waals surface area contributed by atoms with E-state index < -0.39 is 0 Å². The quantitative estimate of drug-likeness (QED) is 0.825. The minimum Gasteiger partial charge on any atom is -0.339 e. The maximum atomic E-state index is 5.03. The van der Waals surface area contributed by atoms with Crippen LogP contribution in [-0.4, -0.2) is 10.1 Å². The molecule has 0 fully saturated rings. The Bertz CT molecular complexity index is 422. The summed E-state index contributed by atoms with van der Waals surface area (Å²) in [5.74, 6) is 1.34. The van der Waals surface area contributed by atoms with Gasteiger partial charge >= 0.3 is 0 Å². The molecule has 2 aromatic rings.